The Labute approximate surface area is 120 Å². The smallest absolute Gasteiger partial charge is 0.240 e. The maximum absolute atomic E-state index is 11.5. The van der Waals surface area contributed by atoms with Crippen molar-refractivity contribution < 1.29 is 9.59 Å². The number of nitrogens with zero attached hydrogens (tertiary/aromatic N) is 1. The molecule has 0 saturated carbocycles. The number of amides is 2. The van der Waals surface area contributed by atoms with Crippen LogP contribution in [0.5, 0.6) is 0 Å². The largest absolute Gasteiger partial charge is 0.326 e. The van der Waals surface area contributed by atoms with E-state index in [4.69, 9.17) is 5.73 Å². The lowest BCUT2D eigenvalue weighted by molar-refractivity contribution is -0.137. The van der Waals surface area contributed by atoms with Crippen LogP contribution < -0.4 is 11.1 Å². The Morgan fingerprint density at radius 1 is 1.26 bits per heavy atom. The van der Waals surface area contributed by atoms with E-state index in [1.54, 1.807) is 0 Å². The third kappa shape index (κ3) is 3.20. The third-order valence-corrected chi connectivity index (χ3v) is 3.81. The molecular formula is C13H16BrN3O2. The van der Waals surface area contributed by atoms with Crippen LogP contribution in [0.2, 0.25) is 0 Å². The average molecular weight is 326 g/mol. The van der Waals surface area contributed by atoms with Crippen LogP contribution in [0.3, 0.4) is 0 Å². The normalized spacial score (nSPS) is 19.9. The van der Waals surface area contributed by atoms with Crippen LogP contribution in [-0.4, -0.2) is 35.8 Å². The first kappa shape index (κ1) is 14.2. The molecule has 1 heterocycles. The van der Waals surface area contributed by atoms with E-state index in [1.165, 1.54) is 0 Å². The van der Waals surface area contributed by atoms with Gasteiger partial charge in [0.2, 0.25) is 11.8 Å². The molecule has 2 amide bonds. The van der Waals surface area contributed by atoms with E-state index in [1.807, 2.05) is 36.1 Å². The molecule has 2 rings (SSSR count). The van der Waals surface area contributed by atoms with Crippen molar-refractivity contribution in [2.75, 3.05) is 13.1 Å². The van der Waals surface area contributed by atoms with Gasteiger partial charge in [-0.2, -0.15) is 0 Å². The van der Waals surface area contributed by atoms with E-state index in [9.17, 15) is 9.59 Å². The van der Waals surface area contributed by atoms with E-state index >= 15 is 0 Å². The van der Waals surface area contributed by atoms with Gasteiger partial charge in [0.25, 0.3) is 0 Å². The molecular weight excluding hydrogens is 310 g/mol. The maximum Gasteiger partial charge on any atom is 0.240 e. The molecule has 0 aromatic heterocycles. The third-order valence-electron chi connectivity index (χ3n) is 3.09. The molecule has 0 spiro atoms. The summed E-state index contributed by atoms with van der Waals surface area (Å²) in [5, 5.41) is 2.30. The minimum atomic E-state index is -0.283. The van der Waals surface area contributed by atoms with Gasteiger partial charge in [-0.05, 0) is 18.6 Å². The van der Waals surface area contributed by atoms with Crippen LogP contribution >= 0.6 is 15.9 Å². The highest BCUT2D eigenvalue weighted by molar-refractivity contribution is 9.10. The molecule has 2 atom stereocenters. The second kappa shape index (κ2) is 5.81. The first-order valence-corrected chi connectivity index (χ1v) is 6.85. The van der Waals surface area contributed by atoms with E-state index < -0.39 is 0 Å². The number of hydrogen-bond donors (Lipinski definition) is 2. The predicted octanol–water partition coefficient (Wildman–Crippen LogP) is 0.796. The van der Waals surface area contributed by atoms with E-state index in [-0.39, 0.29) is 37.0 Å². The van der Waals surface area contributed by atoms with Gasteiger partial charge in [-0.15, -0.1) is 0 Å². The predicted molar refractivity (Wildman–Crippen MR) is 75.3 cm³/mol. The lowest BCUT2D eigenvalue weighted by atomic mass is 9.98. The molecule has 1 aliphatic rings. The zero-order chi connectivity index (χ0) is 14.0. The second-order valence-corrected chi connectivity index (χ2v) is 5.56. The first-order chi connectivity index (χ1) is 8.99. The number of carbonyl (C=O) groups is 2. The van der Waals surface area contributed by atoms with Gasteiger partial charge >= 0.3 is 0 Å². The Balaban J connectivity index is 2.33. The van der Waals surface area contributed by atoms with Crippen molar-refractivity contribution in [1.29, 1.82) is 0 Å². The number of carbonyl (C=O) groups excluding carboxylic acids is 2. The van der Waals surface area contributed by atoms with E-state index in [0.29, 0.717) is 0 Å². The van der Waals surface area contributed by atoms with Gasteiger partial charge in [-0.3, -0.25) is 19.8 Å². The SMILES string of the molecule is CC(N)C(c1ccccc1Br)N1CC(=O)NC(=O)C1. The summed E-state index contributed by atoms with van der Waals surface area (Å²) in [6.45, 7) is 2.24. The molecule has 0 aliphatic carbocycles. The number of nitrogens with two attached hydrogens (primary N) is 1. The van der Waals surface area contributed by atoms with Gasteiger partial charge in [0.15, 0.2) is 0 Å². The summed E-state index contributed by atoms with van der Waals surface area (Å²) in [5.41, 5.74) is 7.04. The van der Waals surface area contributed by atoms with Crippen molar-refractivity contribution in [2.24, 2.45) is 5.73 Å². The molecule has 6 heteroatoms. The van der Waals surface area contributed by atoms with Crippen LogP contribution in [0.25, 0.3) is 0 Å². The molecule has 19 heavy (non-hydrogen) atoms. The lowest BCUT2D eigenvalue weighted by Crippen LogP contribution is -2.54. The summed E-state index contributed by atoms with van der Waals surface area (Å²) in [6, 6.07) is 7.34. The standard InChI is InChI=1S/C13H16BrN3O2/c1-8(15)13(9-4-2-3-5-10(9)14)17-6-11(18)16-12(19)7-17/h2-5,8,13H,6-7,15H2,1H3,(H,16,18,19). The summed E-state index contributed by atoms with van der Waals surface area (Å²) >= 11 is 3.49. The van der Waals surface area contributed by atoms with Gasteiger partial charge in [-0.1, -0.05) is 34.1 Å². The molecule has 1 aromatic carbocycles. The molecule has 1 fully saturated rings. The quantitative estimate of drug-likeness (QED) is 0.806. The topological polar surface area (TPSA) is 75.4 Å². The van der Waals surface area contributed by atoms with Crippen LogP contribution in [0, 0.1) is 0 Å². The minimum absolute atomic E-state index is 0.175. The highest BCUT2D eigenvalue weighted by Crippen LogP contribution is 2.30. The van der Waals surface area contributed by atoms with E-state index in [0.717, 1.165) is 10.0 Å². The second-order valence-electron chi connectivity index (χ2n) is 4.70. The Hall–Kier alpha value is -1.24. The number of benzene rings is 1. The molecule has 5 nitrogen and oxygen atoms in total. The fourth-order valence-corrected chi connectivity index (χ4v) is 2.90. The number of halogens is 1. The van der Waals surface area contributed by atoms with Crippen molar-refractivity contribution in [3.63, 3.8) is 0 Å². The summed E-state index contributed by atoms with van der Waals surface area (Å²) in [4.78, 5) is 24.8. The molecule has 1 aliphatic heterocycles. The fraction of sp³-hybridized carbons (Fsp3) is 0.385. The summed E-state index contributed by atoms with van der Waals surface area (Å²) in [5.74, 6) is -0.567. The van der Waals surface area contributed by atoms with Crippen LogP contribution in [-0.2, 0) is 9.59 Å². The molecule has 1 aromatic rings. The number of rotatable bonds is 3. The number of nitrogens with one attached hydrogen (secondary N) is 1. The summed E-state index contributed by atoms with van der Waals surface area (Å²) < 4.78 is 0.927. The Kier molecular flexibility index (Phi) is 4.34. The lowest BCUT2D eigenvalue weighted by Gasteiger charge is -2.36. The molecule has 3 N–H and O–H groups in total. The van der Waals surface area contributed by atoms with Crippen molar-refractivity contribution in [3.05, 3.63) is 34.3 Å². The van der Waals surface area contributed by atoms with Gasteiger partial charge in [0.05, 0.1) is 19.1 Å². The van der Waals surface area contributed by atoms with Crippen LogP contribution in [0.15, 0.2) is 28.7 Å². The maximum atomic E-state index is 11.5. The van der Waals surface area contributed by atoms with Crippen LogP contribution in [0.4, 0.5) is 0 Å². The number of piperazine rings is 1. The number of hydrogen-bond acceptors (Lipinski definition) is 4. The average Bonchev–Trinajstić information content (AvgIpc) is 2.30. The summed E-state index contributed by atoms with van der Waals surface area (Å²) in [6.07, 6.45) is 0. The van der Waals surface area contributed by atoms with Gasteiger partial charge in [0.1, 0.15) is 0 Å². The zero-order valence-electron chi connectivity index (χ0n) is 10.6. The van der Waals surface area contributed by atoms with Crippen molar-refractivity contribution in [1.82, 2.24) is 10.2 Å². The molecule has 2 unspecified atom stereocenters. The van der Waals surface area contributed by atoms with Gasteiger partial charge in [0, 0.05) is 10.5 Å². The molecule has 1 saturated heterocycles. The molecule has 102 valence electrons. The van der Waals surface area contributed by atoms with Gasteiger partial charge < -0.3 is 5.73 Å². The highest BCUT2D eigenvalue weighted by atomic mass is 79.9. The highest BCUT2D eigenvalue weighted by Gasteiger charge is 2.32. The van der Waals surface area contributed by atoms with Crippen molar-refractivity contribution in [2.45, 2.75) is 19.0 Å². The first-order valence-electron chi connectivity index (χ1n) is 6.06. The van der Waals surface area contributed by atoms with Crippen molar-refractivity contribution in [3.8, 4) is 0 Å². The monoisotopic (exact) mass is 325 g/mol. The fourth-order valence-electron chi connectivity index (χ4n) is 2.38. The number of imide groups is 1. The minimum Gasteiger partial charge on any atom is -0.326 e. The Morgan fingerprint density at radius 3 is 2.37 bits per heavy atom. The van der Waals surface area contributed by atoms with Crippen molar-refractivity contribution >= 4 is 27.7 Å². The Morgan fingerprint density at radius 2 is 1.84 bits per heavy atom. The zero-order valence-corrected chi connectivity index (χ0v) is 12.2. The van der Waals surface area contributed by atoms with Gasteiger partial charge in [-0.25, -0.2) is 0 Å². The molecule has 0 radical (unpaired) electrons. The van der Waals surface area contributed by atoms with E-state index in [2.05, 4.69) is 21.2 Å². The van der Waals surface area contributed by atoms with Crippen LogP contribution in [0.1, 0.15) is 18.5 Å². The summed E-state index contributed by atoms with van der Waals surface area (Å²) in [7, 11) is 0. The Bertz CT molecular complexity index is 488. The molecule has 0 bridgehead atoms.